The van der Waals surface area contributed by atoms with Crippen molar-refractivity contribution in [1.82, 2.24) is 0 Å². The van der Waals surface area contributed by atoms with Crippen molar-refractivity contribution in [1.29, 1.82) is 0 Å². The van der Waals surface area contributed by atoms with Gasteiger partial charge in [0.25, 0.3) is 0 Å². The number of allylic oxidation sites excluding steroid dienone is 2. The molecule has 1 rings (SSSR count). The summed E-state index contributed by atoms with van der Waals surface area (Å²) < 4.78 is 64.7. The fourth-order valence-corrected chi connectivity index (χ4v) is 7.97. The van der Waals surface area contributed by atoms with Crippen LogP contribution in [0.2, 0.25) is 18.1 Å². The van der Waals surface area contributed by atoms with Gasteiger partial charge in [0.05, 0.1) is 8.07 Å². The Morgan fingerprint density at radius 3 is 1.95 bits per heavy atom. The van der Waals surface area contributed by atoms with E-state index >= 15 is 0 Å². The molecule has 1 aliphatic rings. The molecule has 0 heterocycles. The first kappa shape index (κ1) is 18.5. The molecular formula is C13H23F3O3SSi. The average molecular weight is 344 g/mol. The van der Waals surface area contributed by atoms with Gasteiger partial charge in [-0.1, -0.05) is 38.9 Å². The molecule has 0 aliphatic heterocycles. The second kappa shape index (κ2) is 6.72. The number of rotatable bonds is 6. The minimum Gasteiger partial charge on any atom is -0.381 e. The zero-order chi connectivity index (χ0) is 16.3. The summed E-state index contributed by atoms with van der Waals surface area (Å²) in [4.78, 5) is 0. The van der Waals surface area contributed by atoms with E-state index in [1.54, 1.807) is 0 Å². The molecular weight excluding hydrogens is 321 g/mol. The fourth-order valence-electron chi connectivity index (χ4n) is 3.10. The lowest BCUT2D eigenvalue weighted by atomic mass is 10.1. The lowest BCUT2D eigenvalue weighted by Crippen LogP contribution is -2.38. The van der Waals surface area contributed by atoms with Gasteiger partial charge in [0.15, 0.2) is 0 Å². The highest BCUT2D eigenvalue weighted by Crippen LogP contribution is 2.40. The Balaban J connectivity index is 3.27. The molecule has 0 saturated heterocycles. The second-order valence-corrected chi connectivity index (χ2v) is 12.3. The van der Waals surface area contributed by atoms with E-state index in [1.165, 1.54) is 0 Å². The van der Waals surface area contributed by atoms with Crippen LogP contribution in [0.5, 0.6) is 0 Å². The quantitative estimate of drug-likeness (QED) is 0.397. The molecule has 0 saturated carbocycles. The average Bonchev–Trinajstić information content (AvgIpc) is 2.41. The van der Waals surface area contributed by atoms with E-state index in [-0.39, 0.29) is 5.76 Å². The monoisotopic (exact) mass is 344 g/mol. The summed E-state index contributed by atoms with van der Waals surface area (Å²) in [7, 11) is -7.47. The van der Waals surface area contributed by atoms with Crippen LogP contribution in [0.4, 0.5) is 13.2 Å². The van der Waals surface area contributed by atoms with Crippen LogP contribution in [-0.4, -0.2) is 22.0 Å². The van der Waals surface area contributed by atoms with Crippen molar-refractivity contribution in [3.05, 3.63) is 11.0 Å². The van der Waals surface area contributed by atoms with Crippen molar-refractivity contribution in [3.63, 3.8) is 0 Å². The summed E-state index contributed by atoms with van der Waals surface area (Å²) in [6, 6.07) is 2.69. The van der Waals surface area contributed by atoms with Gasteiger partial charge in [0.1, 0.15) is 5.76 Å². The first-order chi connectivity index (χ1) is 9.63. The molecule has 8 heteroatoms. The smallest absolute Gasteiger partial charge is 0.381 e. The van der Waals surface area contributed by atoms with Crippen molar-refractivity contribution in [2.45, 2.75) is 70.1 Å². The minimum absolute atomic E-state index is 0.0794. The Bertz CT molecular complexity index is 485. The fraction of sp³-hybridized carbons (Fsp3) is 0.846. The largest absolute Gasteiger partial charge is 0.534 e. The van der Waals surface area contributed by atoms with Gasteiger partial charge in [-0.25, -0.2) is 0 Å². The van der Waals surface area contributed by atoms with Crippen LogP contribution in [-0.2, 0) is 14.3 Å². The van der Waals surface area contributed by atoms with Crippen LogP contribution < -0.4 is 0 Å². The van der Waals surface area contributed by atoms with Crippen LogP contribution >= 0.6 is 0 Å². The normalized spacial score (nSPS) is 18.0. The van der Waals surface area contributed by atoms with Crippen LogP contribution in [0, 0.1) is 0 Å². The van der Waals surface area contributed by atoms with E-state index in [9.17, 15) is 21.6 Å². The van der Waals surface area contributed by atoms with Crippen LogP contribution in [0.15, 0.2) is 11.0 Å². The van der Waals surface area contributed by atoms with Crippen LogP contribution in [0.25, 0.3) is 0 Å². The van der Waals surface area contributed by atoms with Gasteiger partial charge in [-0.2, -0.15) is 21.6 Å². The zero-order valence-corrected chi connectivity index (χ0v) is 14.5. The highest BCUT2D eigenvalue weighted by atomic mass is 32.2. The van der Waals surface area contributed by atoms with E-state index in [4.69, 9.17) is 0 Å². The van der Waals surface area contributed by atoms with E-state index in [0.717, 1.165) is 29.7 Å². The molecule has 0 aromatic heterocycles. The zero-order valence-electron chi connectivity index (χ0n) is 12.7. The molecule has 0 atom stereocenters. The first-order valence-corrected chi connectivity index (χ1v) is 11.4. The predicted octanol–water partition coefficient (Wildman–Crippen LogP) is 4.73. The number of alkyl halides is 3. The van der Waals surface area contributed by atoms with E-state index in [0.29, 0.717) is 19.3 Å². The SMILES string of the molecule is CC[Si](CC)(CC)C1=C(OS(=O)(=O)C(F)(F)F)CCCC1. The van der Waals surface area contributed by atoms with Gasteiger partial charge >= 0.3 is 15.6 Å². The molecule has 0 N–H and O–H groups in total. The Hall–Kier alpha value is -0.503. The van der Waals surface area contributed by atoms with Crippen LogP contribution in [0.1, 0.15) is 46.5 Å². The summed E-state index contributed by atoms with van der Waals surface area (Å²) in [5.41, 5.74) is -5.36. The molecule has 0 spiro atoms. The predicted molar refractivity (Wildman–Crippen MR) is 78.8 cm³/mol. The first-order valence-electron chi connectivity index (χ1n) is 7.36. The minimum atomic E-state index is -5.55. The van der Waals surface area contributed by atoms with Gasteiger partial charge < -0.3 is 4.18 Å². The van der Waals surface area contributed by atoms with Gasteiger partial charge in [-0.05, 0) is 24.5 Å². The summed E-state index contributed by atoms with van der Waals surface area (Å²) in [5, 5.41) is 0.897. The summed E-state index contributed by atoms with van der Waals surface area (Å²) >= 11 is 0. The topological polar surface area (TPSA) is 43.4 Å². The van der Waals surface area contributed by atoms with E-state index < -0.39 is 23.7 Å². The lowest BCUT2D eigenvalue weighted by Gasteiger charge is -2.35. The number of hydrogen-bond donors (Lipinski definition) is 0. The Kier molecular flexibility index (Phi) is 5.94. The maximum Gasteiger partial charge on any atom is 0.534 e. The highest BCUT2D eigenvalue weighted by molar-refractivity contribution is 7.87. The Morgan fingerprint density at radius 1 is 1.05 bits per heavy atom. The molecule has 0 radical (unpaired) electrons. The summed E-state index contributed by atoms with van der Waals surface area (Å²) in [5.74, 6) is 0.0794. The standard InChI is InChI=1S/C13H23F3O3SSi/c1-4-21(5-2,6-3)12-10-8-7-9-11(12)19-20(17,18)13(14,15)16/h4-10H2,1-3H3. The third-order valence-electron chi connectivity index (χ3n) is 4.58. The molecule has 1 aliphatic carbocycles. The number of hydrogen-bond acceptors (Lipinski definition) is 3. The molecule has 124 valence electrons. The van der Waals surface area contributed by atoms with Gasteiger partial charge in [0, 0.05) is 6.42 Å². The van der Waals surface area contributed by atoms with Crippen molar-refractivity contribution in [3.8, 4) is 0 Å². The van der Waals surface area contributed by atoms with Gasteiger partial charge in [0.2, 0.25) is 0 Å². The van der Waals surface area contributed by atoms with E-state index in [2.05, 4.69) is 4.18 Å². The van der Waals surface area contributed by atoms with Crippen LogP contribution in [0.3, 0.4) is 0 Å². The molecule has 3 nitrogen and oxygen atoms in total. The molecule has 0 amide bonds. The van der Waals surface area contributed by atoms with Gasteiger partial charge in [-0.15, -0.1) is 0 Å². The maximum absolute atomic E-state index is 12.5. The summed E-state index contributed by atoms with van der Waals surface area (Å²) in [6.45, 7) is 6.12. The molecule has 21 heavy (non-hydrogen) atoms. The third kappa shape index (κ3) is 3.83. The van der Waals surface area contributed by atoms with Crippen molar-refractivity contribution in [2.24, 2.45) is 0 Å². The Labute approximate surface area is 125 Å². The number of halogens is 3. The van der Waals surface area contributed by atoms with E-state index in [1.807, 2.05) is 20.8 Å². The summed E-state index contributed by atoms with van der Waals surface area (Å²) in [6.07, 6.45) is 2.53. The Morgan fingerprint density at radius 2 is 1.52 bits per heavy atom. The third-order valence-corrected chi connectivity index (χ3v) is 11.4. The highest BCUT2D eigenvalue weighted by Gasteiger charge is 2.49. The van der Waals surface area contributed by atoms with Crippen molar-refractivity contribution >= 4 is 18.2 Å². The van der Waals surface area contributed by atoms with Crippen molar-refractivity contribution < 1.29 is 25.8 Å². The van der Waals surface area contributed by atoms with Crippen molar-refractivity contribution in [2.75, 3.05) is 0 Å². The molecule has 0 fully saturated rings. The van der Waals surface area contributed by atoms with Gasteiger partial charge in [-0.3, -0.25) is 0 Å². The lowest BCUT2D eigenvalue weighted by molar-refractivity contribution is -0.0524. The molecule has 0 bridgehead atoms. The molecule has 0 unspecified atom stereocenters. The second-order valence-electron chi connectivity index (χ2n) is 5.43. The molecule has 0 aromatic rings. The molecule has 0 aromatic carbocycles. The maximum atomic E-state index is 12.5.